The summed E-state index contributed by atoms with van der Waals surface area (Å²) in [6.07, 6.45) is -10.9. The fourth-order valence-corrected chi connectivity index (χ4v) is 4.54. The van der Waals surface area contributed by atoms with Crippen molar-refractivity contribution in [3.8, 4) is 23.0 Å². The molecule has 15 nitrogen and oxygen atoms in total. The van der Waals surface area contributed by atoms with Crippen LogP contribution in [-0.4, -0.2) is 125 Å². The molecule has 2 aliphatic heterocycles. The van der Waals surface area contributed by atoms with Crippen LogP contribution in [0.2, 0.25) is 0 Å². The van der Waals surface area contributed by atoms with Gasteiger partial charge in [-0.05, 0) is 43.3 Å². The van der Waals surface area contributed by atoms with Gasteiger partial charge in [-0.2, -0.15) is 0 Å². The van der Waals surface area contributed by atoms with Crippen molar-refractivity contribution in [1.82, 2.24) is 0 Å². The Morgan fingerprint density at radius 1 is 0.977 bits per heavy atom. The number of carbonyl (C=O) groups is 2. The zero-order valence-electron chi connectivity index (χ0n) is 23.5. The van der Waals surface area contributed by atoms with E-state index in [1.54, 1.807) is 0 Å². The molecule has 2 saturated heterocycles. The Bertz CT molecular complexity index is 1260. The molecule has 6 N–H and O–H groups in total. The predicted octanol–water partition coefficient (Wildman–Crippen LogP) is -0.880. The number of ether oxygens (including phenoxy) is 7. The molecule has 2 aromatic carbocycles. The van der Waals surface area contributed by atoms with Crippen molar-refractivity contribution in [2.75, 3.05) is 34.0 Å². The minimum atomic E-state index is -2.16. The molecule has 236 valence electrons. The minimum Gasteiger partial charge on any atom is -0.502 e. The number of aromatic hydroxyl groups is 1. The van der Waals surface area contributed by atoms with Gasteiger partial charge in [0, 0.05) is 5.56 Å². The van der Waals surface area contributed by atoms with E-state index in [2.05, 4.69) is 0 Å². The second-order valence-corrected chi connectivity index (χ2v) is 10.0. The summed E-state index contributed by atoms with van der Waals surface area (Å²) in [5.41, 5.74) is -1.82. The molecule has 15 heteroatoms. The second kappa shape index (κ2) is 13.4. The van der Waals surface area contributed by atoms with Crippen LogP contribution in [0.3, 0.4) is 0 Å². The molecule has 8 atom stereocenters. The van der Waals surface area contributed by atoms with Gasteiger partial charge in [-0.15, -0.1) is 0 Å². The predicted molar refractivity (Wildman–Crippen MR) is 142 cm³/mol. The standard InChI is InChI=1S/C28H34O15/c1-13(30)14-4-6-16(7-5-14)41-26-23(22(33)21(32)19(10-29)42-26)43-27-24(34)28(36,12-40-27)11-39-25(35)15-8-17(37-2)20(31)18(9-15)38-3/h4-9,19,21-24,26-27,29,31-34,36H,10-12H2,1-3H3. The lowest BCUT2D eigenvalue weighted by Crippen LogP contribution is -2.62. The van der Waals surface area contributed by atoms with Gasteiger partial charge in [0.1, 0.15) is 36.8 Å². The Labute approximate surface area is 245 Å². The molecule has 2 fully saturated rings. The smallest absolute Gasteiger partial charge is 0.338 e. The highest BCUT2D eigenvalue weighted by Gasteiger charge is 2.54. The number of methoxy groups -OCH3 is 2. The zero-order valence-corrected chi connectivity index (χ0v) is 23.5. The van der Waals surface area contributed by atoms with Crippen LogP contribution in [0.25, 0.3) is 0 Å². The minimum absolute atomic E-state index is 0.0619. The number of Topliss-reactive ketones (excluding diaryl/α,β-unsaturated/α-hetero) is 1. The number of aliphatic hydroxyl groups is 5. The lowest BCUT2D eigenvalue weighted by molar-refractivity contribution is -0.318. The Morgan fingerprint density at radius 2 is 1.60 bits per heavy atom. The highest BCUT2D eigenvalue weighted by Crippen LogP contribution is 2.38. The van der Waals surface area contributed by atoms with Crippen molar-refractivity contribution >= 4 is 11.8 Å². The molecule has 0 aromatic heterocycles. The van der Waals surface area contributed by atoms with Gasteiger partial charge in [0.05, 0.1) is 33.0 Å². The first kappa shape index (κ1) is 32.4. The van der Waals surface area contributed by atoms with E-state index >= 15 is 0 Å². The molecule has 2 aliphatic rings. The fourth-order valence-electron chi connectivity index (χ4n) is 4.54. The summed E-state index contributed by atoms with van der Waals surface area (Å²) >= 11 is 0. The van der Waals surface area contributed by atoms with Crippen molar-refractivity contribution in [1.29, 1.82) is 0 Å². The topological polar surface area (TPSA) is 220 Å². The lowest BCUT2D eigenvalue weighted by atomic mass is 9.98. The third kappa shape index (κ3) is 6.84. The van der Waals surface area contributed by atoms with Crippen LogP contribution >= 0.6 is 0 Å². The lowest BCUT2D eigenvalue weighted by Gasteiger charge is -2.42. The van der Waals surface area contributed by atoms with Crippen LogP contribution in [0.5, 0.6) is 23.0 Å². The zero-order chi connectivity index (χ0) is 31.5. The number of hydrogen-bond donors (Lipinski definition) is 6. The highest BCUT2D eigenvalue weighted by atomic mass is 16.8. The van der Waals surface area contributed by atoms with Crippen LogP contribution in [0.1, 0.15) is 27.6 Å². The van der Waals surface area contributed by atoms with E-state index in [1.165, 1.54) is 57.5 Å². The van der Waals surface area contributed by atoms with Gasteiger partial charge in [-0.3, -0.25) is 4.79 Å². The summed E-state index contributed by atoms with van der Waals surface area (Å²) in [6.45, 7) is -0.581. The van der Waals surface area contributed by atoms with E-state index in [0.29, 0.717) is 5.56 Å². The fraction of sp³-hybridized carbons (Fsp3) is 0.500. The van der Waals surface area contributed by atoms with E-state index in [0.717, 1.165) is 0 Å². The SMILES string of the molecule is COc1cc(C(=O)OCC2(O)COC(OC3C(Oc4ccc(C(C)=O)cc4)OC(CO)C(O)C3O)C2O)cc(OC)c1O. The summed E-state index contributed by atoms with van der Waals surface area (Å²) in [7, 11) is 2.55. The maximum Gasteiger partial charge on any atom is 0.338 e. The number of rotatable bonds is 11. The summed E-state index contributed by atoms with van der Waals surface area (Å²) in [5.74, 6) is -1.38. The number of phenols is 1. The molecule has 0 amide bonds. The molecule has 0 aliphatic carbocycles. The van der Waals surface area contributed by atoms with Crippen molar-refractivity contribution in [2.45, 2.75) is 55.6 Å². The second-order valence-electron chi connectivity index (χ2n) is 10.0. The van der Waals surface area contributed by atoms with Gasteiger partial charge in [-0.1, -0.05) is 0 Å². The monoisotopic (exact) mass is 610 g/mol. The first-order valence-corrected chi connectivity index (χ1v) is 13.1. The molecule has 2 aromatic rings. The maximum atomic E-state index is 12.7. The Hall–Kier alpha value is -3.54. The number of phenolic OH excluding ortho intramolecular Hbond substituents is 1. The molecule has 0 radical (unpaired) electrons. The van der Waals surface area contributed by atoms with E-state index in [-0.39, 0.29) is 34.3 Å². The molecule has 0 saturated carbocycles. The van der Waals surface area contributed by atoms with E-state index in [1.807, 2.05) is 0 Å². The normalized spacial score (nSPS) is 30.5. The van der Waals surface area contributed by atoms with Gasteiger partial charge in [0.2, 0.25) is 12.0 Å². The molecule has 2 heterocycles. The van der Waals surface area contributed by atoms with Gasteiger partial charge in [0.15, 0.2) is 35.3 Å². The first-order valence-electron chi connectivity index (χ1n) is 13.1. The van der Waals surface area contributed by atoms with Crippen molar-refractivity contribution in [3.05, 3.63) is 47.5 Å². The molecular formula is C28H34O15. The largest absolute Gasteiger partial charge is 0.502 e. The maximum absolute atomic E-state index is 12.7. The third-order valence-electron chi connectivity index (χ3n) is 7.10. The van der Waals surface area contributed by atoms with E-state index in [4.69, 9.17) is 33.2 Å². The molecule has 4 rings (SSSR count). The highest BCUT2D eigenvalue weighted by molar-refractivity contribution is 5.94. The first-order chi connectivity index (χ1) is 20.4. The number of benzene rings is 2. The Balaban J connectivity index is 1.45. The van der Waals surface area contributed by atoms with Gasteiger partial charge in [-0.25, -0.2) is 4.79 Å². The van der Waals surface area contributed by atoms with Gasteiger partial charge >= 0.3 is 5.97 Å². The average Bonchev–Trinajstić information content (AvgIpc) is 3.28. The number of esters is 1. The quantitative estimate of drug-likeness (QED) is 0.134. The van der Waals surface area contributed by atoms with Gasteiger partial charge < -0.3 is 63.8 Å². The number of carbonyl (C=O) groups excluding carboxylic acids is 2. The summed E-state index contributed by atoms with van der Waals surface area (Å²) < 4.78 is 37.7. The van der Waals surface area contributed by atoms with Crippen molar-refractivity contribution in [3.63, 3.8) is 0 Å². The summed E-state index contributed by atoms with van der Waals surface area (Å²) in [5, 5.41) is 62.8. The van der Waals surface area contributed by atoms with Crippen LogP contribution in [0.15, 0.2) is 36.4 Å². The third-order valence-corrected chi connectivity index (χ3v) is 7.10. The van der Waals surface area contributed by atoms with Crippen LogP contribution in [0, 0.1) is 0 Å². The van der Waals surface area contributed by atoms with Gasteiger partial charge in [0.25, 0.3) is 0 Å². The Morgan fingerprint density at radius 3 is 2.16 bits per heavy atom. The van der Waals surface area contributed by atoms with Crippen LogP contribution in [-0.2, 0) is 18.9 Å². The summed E-state index contributed by atoms with van der Waals surface area (Å²) in [6, 6.07) is 8.33. The summed E-state index contributed by atoms with van der Waals surface area (Å²) in [4.78, 5) is 24.3. The number of ketones is 1. The number of aliphatic hydroxyl groups excluding tert-OH is 4. The van der Waals surface area contributed by atoms with Crippen LogP contribution in [0.4, 0.5) is 0 Å². The van der Waals surface area contributed by atoms with E-state index < -0.39 is 74.5 Å². The van der Waals surface area contributed by atoms with Crippen LogP contribution < -0.4 is 14.2 Å². The molecule has 43 heavy (non-hydrogen) atoms. The molecule has 8 unspecified atom stereocenters. The molecule has 0 spiro atoms. The molecule has 0 bridgehead atoms. The Kier molecular flexibility index (Phi) is 10.1. The van der Waals surface area contributed by atoms with Crippen molar-refractivity contribution in [2.24, 2.45) is 0 Å². The average molecular weight is 611 g/mol. The number of hydrogen-bond acceptors (Lipinski definition) is 15. The van der Waals surface area contributed by atoms with E-state index in [9.17, 15) is 40.2 Å². The van der Waals surface area contributed by atoms with Crippen molar-refractivity contribution < 1.29 is 73.4 Å². The molecular weight excluding hydrogens is 576 g/mol.